The molecular weight excluding hydrogens is 270 g/mol. The molecule has 6 heteroatoms. The van der Waals surface area contributed by atoms with Gasteiger partial charge in [0.1, 0.15) is 11.8 Å². The summed E-state index contributed by atoms with van der Waals surface area (Å²) in [4.78, 5) is 27.1. The molecule has 0 bridgehead atoms. The minimum atomic E-state index is -0.685. The molecule has 0 aliphatic heterocycles. The van der Waals surface area contributed by atoms with Gasteiger partial charge < -0.3 is 15.8 Å². The van der Waals surface area contributed by atoms with Crippen molar-refractivity contribution in [1.29, 1.82) is 0 Å². The molecule has 1 aromatic carbocycles. The Morgan fingerprint density at radius 1 is 1.24 bits per heavy atom. The number of anilines is 1. The average molecular weight is 285 g/mol. The third-order valence-electron chi connectivity index (χ3n) is 2.63. The van der Waals surface area contributed by atoms with Crippen LogP contribution in [0.25, 0.3) is 0 Å². The zero-order valence-corrected chi connectivity index (χ0v) is 11.4. The molecule has 0 unspecified atom stereocenters. The molecule has 108 valence electrons. The fourth-order valence-electron chi connectivity index (χ4n) is 1.52. The number of nitrogens with zero attached hydrogens (tertiary/aromatic N) is 1. The molecule has 3 N–H and O–H groups in total. The second kappa shape index (κ2) is 6.62. The summed E-state index contributed by atoms with van der Waals surface area (Å²) in [7, 11) is 0. The van der Waals surface area contributed by atoms with Crippen molar-refractivity contribution in [2.75, 3.05) is 5.32 Å². The number of nitrogens with two attached hydrogens (primary N) is 1. The SMILES string of the molecule is C[C@H](N)C(=O)Oc1ccc(NC(=O)c2cccnc2)cc1. The summed E-state index contributed by atoms with van der Waals surface area (Å²) in [5.74, 6) is -0.401. The highest BCUT2D eigenvalue weighted by atomic mass is 16.5. The van der Waals surface area contributed by atoms with E-state index in [2.05, 4.69) is 10.3 Å². The molecule has 0 aliphatic rings. The number of nitrogens with one attached hydrogen (secondary N) is 1. The molecule has 1 atom stereocenters. The van der Waals surface area contributed by atoms with Gasteiger partial charge in [-0.15, -0.1) is 0 Å². The maximum Gasteiger partial charge on any atom is 0.328 e. The van der Waals surface area contributed by atoms with Crippen LogP contribution in [0.15, 0.2) is 48.8 Å². The van der Waals surface area contributed by atoms with E-state index in [9.17, 15) is 9.59 Å². The van der Waals surface area contributed by atoms with Gasteiger partial charge in [0.15, 0.2) is 0 Å². The second-order valence-electron chi connectivity index (χ2n) is 4.43. The summed E-state index contributed by atoms with van der Waals surface area (Å²) in [6, 6.07) is 9.11. The lowest BCUT2D eigenvalue weighted by Crippen LogP contribution is -2.30. The molecule has 0 spiro atoms. The number of benzene rings is 1. The Morgan fingerprint density at radius 2 is 1.95 bits per heavy atom. The van der Waals surface area contributed by atoms with E-state index >= 15 is 0 Å². The number of carbonyl (C=O) groups excluding carboxylic acids is 2. The van der Waals surface area contributed by atoms with E-state index in [1.165, 1.54) is 6.20 Å². The Hall–Kier alpha value is -2.73. The lowest BCUT2D eigenvalue weighted by molar-refractivity contribution is -0.135. The predicted octanol–water partition coefficient (Wildman–Crippen LogP) is 1.59. The Bertz CT molecular complexity index is 624. The summed E-state index contributed by atoms with van der Waals surface area (Å²) in [5.41, 5.74) is 6.46. The van der Waals surface area contributed by atoms with Crippen molar-refractivity contribution in [2.24, 2.45) is 5.73 Å². The molecule has 1 heterocycles. The molecular formula is C15H15N3O3. The highest BCUT2D eigenvalue weighted by molar-refractivity contribution is 6.04. The normalized spacial score (nSPS) is 11.5. The fourth-order valence-corrected chi connectivity index (χ4v) is 1.52. The number of pyridine rings is 1. The average Bonchev–Trinajstić information content (AvgIpc) is 2.50. The zero-order chi connectivity index (χ0) is 15.2. The van der Waals surface area contributed by atoms with E-state index < -0.39 is 12.0 Å². The molecule has 0 aliphatic carbocycles. The van der Waals surface area contributed by atoms with Crippen LogP contribution in [0.2, 0.25) is 0 Å². The van der Waals surface area contributed by atoms with E-state index in [0.29, 0.717) is 17.0 Å². The standard InChI is InChI=1S/C15H15N3O3/c1-10(16)15(20)21-13-6-4-12(5-7-13)18-14(19)11-3-2-8-17-9-11/h2-10H,16H2,1H3,(H,18,19)/t10-/m0/s1. The summed E-state index contributed by atoms with van der Waals surface area (Å²) in [6.07, 6.45) is 3.08. The van der Waals surface area contributed by atoms with Crippen LogP contribution in [0.3, 0.4) is 0 Å². The molecule has 2 rings (SSSR count). The van der Waals surface area contributed by atoms with Gasteiger partial charge in [0.25, 0.3) is 5.91 Å². The van der Waals surface area contributed by atoms with Crippen molar-refractivity contribution in [3.8, 4) is 5.75 Å². The van der Waals surface area contributed by atoms with Crippen LogP contribution < -0.4 is 15.8 Å². The van der Waals surface area contributed by atoms with Crippen LogP contribution in [-0.4, -0.2) is 22.9 Å². The Labute approximate surface area is 121 Å². The monoisotopic (exact) mass is 285 g/mol. The smallest absolute Gasteiger partial charge is 0.328 e. The van der Waals surface area contributed by atoms with E-state index in [0.717, 1.165) is 0 Å². The number of esters is 1. The van der Waals surface area contributed by atoms with Gasteiger partial charge in [-0.1, -0.05) is 0 Å². The van der Waals surface area contributed by atoms with Gasteiger partial charge in [-0.05, 0) is 43.3 Å². The summed E-state index contributed by atoms with van der Waals surface area (Å²) in [5, 5.41) is 2.72. The molecule has 2 aromatic rings. The molecule has 0 radical (unpaired) electrons. The lowest BCUT2D eigenvalue weighted by Gasteiger charge is -2.08. The van der Waals surface area contributed by atoms with Crippen LogP contribution in [-0.2, 0) is 4.79 Å². The highest BCUT2D eigenvalue weighted by Gasteiger charge is 2.10. The number of amides is 1. The molecule has 0 saturated heterocycles. The topological polar surface area (TPSA) is 94.3 Å². The van der Waals surface area contributed by atoms with Gasteiger partial charge in [0.05, 0.1) is 5.56 Å². The first-order valence-corrected chi connectivity index (χ1v) is 6.35. The van der Waals surface area contributed by atoms with Crippen LogP contribution in [0, 0.1) is 0 Å². The predicted molar refractivity (Wildman–Crippen MR) is 77.9 cm³/mol. The number of aromatic nitrogens is 1. The van der Waals surface area contributed by atoms with Crippen molar-refractivity contribution in [3.63, 3.8) is 0 Å². The number of carbonyl (C=O) groups is 2. The molecule has 1 aromatic heterocycles. The first-order chi connectivity index (χ1) is 10.1. The zero-order valence-electron chi connectivity index (χ0n) is 11.4. The third-order valence-corrected chi connectivity index (χ3v) is 2.63. The second-order valence-corrected chi connectivity index (χ2v) is 4.43. The highest BCUT2D eigenvalue weighted by Crippen LogP contribution is 2.16. The van der Waals surface area contributed by atoms with Crippen molar-refractivity contribution in [2.45, 2.75) is 13.0 Å². The summed E-state index contributed by atoms with van der Waals surface area (Å²) >= 11 is 0. The Kier molecular flexibility index (Phi) is 4.63. The third kappa shape index (κ3) is 4.12. The number of rotatable bonds is 4. The number of ether oxygens (including phenoxy) is 1. The van der Waals surface area contributed by atoms with E-state index in [4.69, 9.17) is 10.5 Å². The maximum atomic E-state index is 11.9. The minimum absolute atomic E-state index is 0.261. The first-order valence-electron chi connectivity index (χ1n) is 6.35. The fraction of sp³-hybridized carbons (Fsp3) is 0.133. The quantitative estimate of drug-likeness (QED) is 0.657. The first kappa shape index (κ1) is 14.7. The van der Waals surface area contributed by atoms with Gasteiger partial charge in [-0.2, -0.15) is 0 Å². The van der Waals surface area contributed by atoms with Crippen LogP contribution in [0.4, 0.5) is 5.69 Å². The molecule has 6 nitrogen and oxygen atoms in total. The number of hydrogen-bond acceptors (Lipinski definition) is 5. The van der Waals surface area contributed by atoms with Gasteiger partial charge in [-0.3, -0.25) is 9.78 Å². The molecule has 1 amide bonds. The summed E-state index contributed by atoms with van der Waals surface area (Å²) in [6.45, 7) is 1.55. The number of hydrogen-bond donors (Lipinski definition) is 2. The van der Waals surface area contributed by atoms with Crippen LogP contribution in [0.1, 0.15) is 17.3 Å². The molecule has 0 fully saturated rings. The van der Waals surface area contributed by atoms with E-state index in [1.54, 1.807) is 49.5 Å². The van der Waals surface area contributed by atoms with Crippen molar-refractivity contribution in [1.82, 2.24) is 4.98 Å². The Morgan fingerprint density at radius 3 is 2.52 bits per heavy atom. The van der Waals surface area contributed by atoms with Gasteiger partial charge in [0, 0.05) is 18.1 Å². The van der Waals surface area contributed by atoms with E-state index in [1.807, 2.05) is 0 Å². The van der Waals surface area contributed by atoms with E-state index in [-0.39, 0.29) is 5.91 Å². The minimum Gasteiger partial charge on any atom is -0.425 e. The molecule has 0 saturated carbocycles. The van der Waals surface area contributed by atoms with Crippen LogP contribution in [0.5, 0.6) is 5.75 Å². The van der Waals surface area contributed by atoms with Gasteiger partial charge >= 0.3 is 5.97 Å². The maximum absolute atomic E-state index is 11.9. The Balaban J connectivity index is 2.00. The molecule has 21 heavy (non-hydrogen) atoms. The van der Waals surface area contributed by atoms with Crippen molar-refractivity contribution >= 4 is 17.6 Å². The van der Waals surface area contributed by atoms with Gasteiger partial charge in [-0.25, -0.2) is 4.79 Å². The van der Waals surface area contributed by atoms with Crippen molar-refractivity contribution in [3.05, 3.63) is 54.4 Å². The largest absolute Gasteiger partial charge is 0.425 e. The lowest BCUT2D eigenvalue weighted by atomic mass is 10.2. The van der Waals surface area contributed by atoms with Gasteiger partial charge in [0.2, 0.25) is 0 Å². The van der Waals surface area contributed by atoms with Crippen LogP contribution >= 0.6 is 0 Å². The van der Waals surface area contributed by atoms with Crippen molar-refractivity contribution < 1.29 is 14.3 Å². The summed E-state index contributed by atoms with van der Waals surface area (Å²) < 4.78 is 5.03.